The second-order valence-electron chi connectivity index (χ2n) is 5.61. The molecule has 0 radical (unpaired) electrons. The van der Waals surface area contributed by atoms with Crippen LogP contribution >= 0.6 is 24.0 Å². The number of aliphatic imine (C=N–C) groups is 1. The Labute approximate surface area is 166 Å². The molecule has 6 nitrogen and oxygen atoms in total. The van der Waals surface area contributed by atoms with Crippen LogP contribution in [0.1, 0.15) is 18.9 Å². The molecule has 1 aromatic heterocycles. The molecule has 0 aliphatic rings. The predicted octanol–water partition coefficient (Wildman–Crippen LogP) is 2.05. The first-order valence-electron chi connectivity index (χ1n) is 8.49. The van der Waals surface area contributed by atoms with Crippen LogP contribution in [0.25, 0.3) is 0 Å². The maximum absolute atomic E-state index is 10.1. The number of guanidine groups is 1. The van der Waals surface area contributed by atoms with Crippen LogP contribution in [0.3, 0.4) is 0 Å². The second-order valence-corrected chi connectivity index (χ2v) is 5.61. The Morgan fingerprint density at radius 1 is 1.24 bits per heavy atom. The molecule has 0 amide bonds. The molecule has 0 aliphatic heterocycles. The van der Waals surface area contributed by atoms with Crippen LogP contribution in [-0.2, 0) is 13.0 Å². The molecule has 7 heteroatoms. The number of halogens is 1. The van der Waals surface area contributed by atoms with Crippen molar-refractivity contribution in [2.75, 3.05) is 19.6 Å². The molecule has 1 atom stereocenters. The van der Waals surface area contributed by atoms with Crippen LogP contribution in [0.5, 0.6) is 0 Å². The molecule has 1 aromatic carbocycles. The van der Waals surface area contributed by atoms with E-state index in [2.05, 4.69) is 20.7 Å². The molecule has 0 bridgehead atoms. The van der Waals surface area contributed by atoms with Gasteiger partial charge in [-0.1, -0.05) is 30.3 Å². The van der Waals surface area contributed by atoms with E-state index in [4.69, 9.17) is 0 Å². The summed E-state index contributed by atoms with van der Waals surface area (Å²) in [6.45, 7) is 4.88. The highest BCUT2D eigenvalue weighted by atomic mass is 127. The topological polar surface area (TPSA) is 74.5 Å². The SMILES string of the molecule is CCNC(=NCC(O)Cc1ccccc1)NCCCn1cccn1.I. The van der Waals surface area contributed by atoms with E-state index in [1.54, 1.807) is 6.20 Å². The number of nitrogens with one attached hydrogen (secondary N) is 2. The molecule has 3 N–H and O–H groups in total. The van der Waals surface area contributed by atoms with Gasteiger partial charge in [-0.15, -0.1) is 24.0 Å². The lowest BCUT2D eigenvalue weighted by Gasteiger charge is -2.13. The molecule has 0 aliphatic carbocycles. The van der Waals surface area contributed by atoms with Crippen molar-refractivity contribution in [3.8, 4) is 0 Å². The van der Waals surface area contributed by atoms with Crippen LogP contribution in [0.2, 0.25) is 0 Å². The minimum Gasteiger partial charge on any atom is -0.391 e. The fraction of sp³-hybridized carbons (Fsp3) is 0.444. The normalized spacial score (nSPS) is 12.3. The van der Waals surface area contributed by atoms with E-state index >= 15 is 0 Å². The number of aliphatic hydroxyl groups excluding tert-OH is 1. The van der Waals surface area contributed by atoms with Gasteiger partial charge in [0.15, 0.2) is 5.96 Å². The maximum atomic E-state index is 10.1. The number of aryl methyl sites for hydroxylation is 1. The quantitative estimate of drug-likeness (QED) is 0.233. The monoisotopic (exact) mass is 457 g/mol. The van der Waals surface area contributed by atoms with E-state index in [9.17, 15) is 5.11 Å². The average molecular weight is 457 g/mol. The minimum atomic E-state index is -0.480. The maximum Gasteiger partial charge on any atom is 0.191 e. The summed E-state index contributed by atoms with van der Waals surface area (Å²) in [5, 5.41) is 20.8. The third kappa shape index (κ3) is 8.87. The third-order valence-corrected chi connectivity index (χ3v) is 3.53. The van der Waals surface area contributed by atoms with Crippen LogP contribution in [0.4, 0.5) is 0 Å². The zero-order valence-corrected chi connectivity index (χ0v) is 17.0. The van der Waals surface area contributed by atoms with Crippen molar-refractivity contribution >= 4 is 29.9 Å². The van der Waals surface area contributed by atoms with E-state index in [1.165, 1.54) is 0 Å². The van der Waals surface area contributed by atoms with E-state index in [1.807, 2.05) is 54.2 Å². The van der Waals surface area contributed by atoms with E-state index in [-0.39, 0.29) is 24.0 Å². The lowest BCUT2D eigenvalue weighted by Crippen LogP contribution is -2.38. The summed E-state index contributed by atoms with van der Waals surface area (Å²) >= 11 is 0. The highest BCUT2D eigenvalue weighted by molar-refractivity contribution is 14.0. The van der Waals surface area contributed by atoms with Crippen LogP contribution < -0.4 is 10.6 Å². The number of benzene rings is 1. The van der Waals surface area contributed by atoms with Gasteiger partial charge in [-0.2, -0.15) is 5.10 Å². The van der Waals surface area contributed by atoms with Crippen molar-refractivity contribution in [1.29, 1.82) is 0 Å². The van der Waals surface area contributed by atoms with Crippen molar-refractivity contribution in [3.05, 3.63) is 54.4 Å². The molecule has 2 rings (SSSR count). The number of aliphatic hydroxyl groups is 1. The molecule has 25 heavy (non-hydrogen) atoms. The van der Waals surface area contributed by atoms with Gasteiger partial charge in [0.2, 0.25) is 0 Å². The summed E-state index contributed by atoms with van der Waals surface area (Å²) in [7, 11) is 0. The van der Waals surface area contributed by atoms with Crippen molar-refractivity contribution in [1.82, 2.24) is 20.4 Å². The molecule has 0 saturated carbocycles. The fourth-order valence-electron chi connectivity index (χ4n) is 2.37. The zero-order valence-electron chi connectivity index (χ0n) is 14.6. The van der Waals surface area contributed by atoms with Gasteiger partial charge in [-0.3, -0.25) is 9.67 Å². The Bertz CT molecular complexity index is 589. The molecule has 0 spiro atoms. The highest BCUT2D eigenvalue weighted by Crippen LogP contribution is 2.03. The molecule has 1 heterocycles. The summed E-state index contributed by atoms with van der Waals surface area (Å²) in [6.07, 6.45) is 4.83. The van der Waals surface area contributed by atoms with Gasteiger partial charge in [0.05, 0.1) is 12.6 Å². The van der Waals surface area contributed by atoms with Gasteiger partial charge in [0.25, 0.3) is 0 Å². The molecule has 0 fully saturated rings. The third-order valence-electron chi connectivity index (χ3n) is 3.53. The van der Waals surface area contributed by atoms with Crippen LogP contribution in [0, 0.1) is 0 Å². The first kappa shape index (κ1) is 21.4. The van der Waals surface area contributed by atoms with Gasteiger partial charge < -0.3 is 15.7 Å². The highest BCUT2D eigenvalue weighted by Gasteiger charge is 2.05. The van der Waals surface area contributed by atoms with E-state index in [0.717, 1.165) is 37.6 Å². The number of rotatable bonds is 9. The Morgan fingerprint density at radius 2 is 2.04 bits per heavy atom. The first-order valence-corrected chi connectivity index (χ1v) is 8.49. The summed E-state index contributed by atoms with van der Waals surface area (Å²) in [4.78, 5) is 4.47. The number of hydrogen-bond acceptors (Lipinski definition) is 3. The minimum absolute atomic E-state index is 0. The molecule has 138 valence electrons. The lowest BCUT2D eigenvalue weighted by molar-refractivity contribution is 0.183. The number of hydrogen-bond donors (Lipinski definition) is 3. The fourth-order valence-corrected chi connectivity index (χ4v) is 2.37. The van der Waals surface area contributed by atoms with Crippen molar-refractivity contribution in [2.45, 2.75) is 32.4 Å². The van der Waals surface area contributed by atoms with Gasteiger partial charge in [0.1, 0.15) is 0 Å². The summed E-state index contributed by atoms with van der Waals surface area (Å²) in [5.74, 6) is 0.741. The second kappa shape index (κ2) is 12.7. The Morgan fingerprint density at radius 3 is 2.72 bits per heavy atom. The zero-order chi connectivity index (χ0) is 17.0. The molecule has 0 saturated heterocycles. The van der Waals surface area contributed by atoms with Crippen molar-refractivity contribution in [2.24, 2.45) is 4.99 Å². The van der Waals surface area contributed by atoms with Crippen LogP contribution in [-0.4, -0.2) is 46.6 Å². The molecule has 2 aromatic rings. The standard InChI is InChI=1S/C18H27N5O.HI/c1-2-19-18(20-10-6-12-23-13-7-11-22-23)21-15-17(24)14-16-8-4-3-5-9-16;/h3-5,7-9,11,13,17,24H,2,6,10,12,14-15H2,1H3,(H2,19,20,21);1H. The molecular formula is C18H28IN5O. The smallest absolute Gasteiger partial charge is 0.191 e. The summed E-state index contributed by atoms with van der Waals surface area (Å²) in [6, 6.07) is 11.9. The summed E-state index contributed by atoms with van der Waals surface area (Å²) < 4.78 is 1.91. The number of aromatic nitrogens is 2. The predicted molar refractivity (Wildman–Crippen MR) is 112 cm³/mol. The van der Waals surface area contributed by atoms with Crippen molar-refractivity contribution in [3.63, 3.8) is 0 Å². The van der Waals surface area contributed by atoms with Gasteiger partial charge in [-0.05, 0) is 25.0 Å². The van der Waals surface area contributed by atoms with Gasteiger partial charge in [-0.25, -0.2) is 0 Å². The van der Waals surface area contributed by atoms with E-state index < -0.39 is 6.10 Å². The summed E-state index contributed by atoms with van der Waals surface area (Å²) in [5.41, 5.74) is 1.12. The molecule has 1 unspecified atom stereocenters. The average Bonchev–Trinajstić information content (AvgIpc) is 3.11. The van der Waals surface area contributed by atoms with Gasteiger partial charge >= 0.3 is 0 Å². The Kier molecular flexibility index (Phi) is 10.9. The Hall–Kier alpha value is -1.61. The van der Waals surface area contributed by atoms with Gasteiger partial charge in [0, 0.05) is 38.4 Å². The number of nitrogens with zero attached hydrogens (tertiary/aromatic N) is 3. The van der Waals surface area contributed by atoms with Crippen LogP contribution in [0.15, 0.2) is 53.8 Å². The lowest BCUT2D eigenvalue weighted by atomic mass is 10.1. The van der Waals surface area contributed by atoms with E-state index in [0.29, 0.717) is 13.0 Å². The molecular weight excluding hydrogens is 429 g/mol. The largest absolute Gasteiger partial charge is 0.391 e. The first-order chi connectivity index (χ1) is 11.8. The van der Waals surface area contributed by atoms with Crippen molar-refractivity contribution < 1.29 is 5.11 Å². The Balaban J connectivity index is 0.00000312.